The molecule has 1 aliphatic rings. The molecule has 156 valence electrons. The van der Waals surface area contributed by atoms with Crippen LogP contribution in [0.2, 0.25) is 0 Å². The first-order chi connectivity index (χ1) is 13.6. The number of methoxy groups -OCH3 is 1. The highest BCUT2D eigenvalue weighted by Crippen LogP contribution is 2.27. The number of ether oxygens (including phenoxy) is 2. The van der Waals surface area contributed by atoms with Crippen LogP contribution in [0, 0.1) is 5.92 Å². The molecule has 3 N–H and O–H groups in total. The van der Waals surface area contributed by atoms with Crippen LogP contribution in [0.25, 0.3) is 11.2 Å². The molecular formula is C20H34N6O2. The van der Waals surface area contributed by atoms with Crippen molar-refractivity contribution in [2.45, 2.75) is 71.4 Å². The molecule has 28 heavy (non-hydrogen) atoms. The fourth-order valence-electron chi connectivity index (χ4n) is 3.91. The van der Waals surface area contributed by atoms with Crippen LogP contribution in [-0.2, 0) is 6.54 Å². The first kappa shape index (κ1) is 20.6. The Bertz CT molecular complexity index is 757. The zero-order chi connectivity index (χ0) is 19.9. The van der Waals surface area contributed by atoms with Crippen LogP contribution in [0.1, 0.15) is 58.8 Å². The van der Waals surface area contributed by atoms with Crippen molar-refractivity contribution in [3.8, 4) is 12.0 Å². The molecule has 0 bridgehead atoms. The number of nitrogens with one attached hydrogen (secondary N) is 1. The summed E-state index contributed by atoms with van der Waals surface area (Å²) >= 11 is 0. The lowest BCUT2D eigenvalue weighted by Gasteiger charge is -2.22. The predicted octanol–water partition coefficient (Wildman–Crippen LogP) is 3.15. The van der Waals surface area contributed by atoms with Crippen LogP contribution in [0.4, 0.5) is 5.82 Å². The molecule has 0 unspecified atom stereocenters. The highest BCUT2D eigenvalue weighted by Gasteiger charge is 2.19. The number of hydrogen-bond acceptors (Lipinski definition) is 7. The average molecular weight is 391 g/mol. The fourth-order valence-corrected chi connectivity index (χ4v) is 3.91. The average Bonchev–Trinajstić information content (AvgIpc) is 3.04. The van der Waals surface area contributed by atoms with Gasteiger partial charge in [-0.25, -0.2) is 0 Å². The van der Waals surface area contributed by atoms with Crippen molar-refractivity contribution >= 4 is 17.0 Å². The minimum atomic E-state index is 0.0464. The number of imidazole rings is 1. The van der Waals surface area contributed by atoms with E-state index >= 15 is 0 Å². The maximum atomic E-state index is 6.13. The van der Waals surface area contributed by atoms with E-state index in [0.29, 0.717) is 29.0 Å². The van der Waals surface area contributed by atoms with Crippen LogP contribution in [0.15, 0.2) is 0 Å². The van der Waals surface area contributed by atoms with E-state index in [1.54, 1.807) is 7.11 Å². The van der Waals surface area contributed by atoms with Gasteiger partial charge in [-0.15, -0.1) is 0 Å². The lowest BCUT2D eigenvalue weighted by atomic mass is 9.92. The Kier molecular flexibility index (Phi) is 7.30. The van der Waals surface area contributed by atoms with E-state index in [0.717, 1.165) is 44.8 Å². The smallest absolute Gasteiger partial charge is 0.320 e. The Hall–Kier alpha value is -2.09. The second-order valence-corrected chi connectivity index (χ2v) is 7.72. The molecule has 1 fully saturated rings. The zero-order valence-corrected chi connectivity index (χ0v) is 17.4. The van der Waals surface area contributed by atoms with E-state index in [2.05, 4.69) is 27.2 Å². The summed E-state index contributed by atoms with van der Waals surface area (Å²) in [5, 5.41) is 3.43. The van der Waals surface area contributed by atoms with E-state index in [9.17, 15) is 0 Å². The predicted molar refractivity (Wildman–Crippen MR) is 111 cm³/mol. The minimum absolute atomic E-state index is 0.0464. The van der Waals surface area contributed by atoms with Gasteiger partial charge in [-0.05, 0) is 51.6 Å². The van der Waals surface area contributed by atoms with Crippen LogP contribution < -0.4 is 20.5 Å². The summed E-state index contributed by atoms with van der Waals surface area (Å²) in [6.45, 7) is 7.25. The van der Waals surface area contributed by atoms with Crippen molar-refractivity contribution in [3.63, 3.8) is 0 Å². The molecule has 1 aliphatic heterocycles. The third-order valence-electron chi connectivity index (χ3n) is 5.45. The van der Waals surface area contributed by atoms with Crippen LogP contribution in [0.5, 0.6) is 12.0 Å². The molecule has 1 saturated heterocycles. The van der Waals surface area contributed by atoms with Gasteiger partial charge in [0, 0.05) is 6.54 Å². The SMILES string of the molecule is CCC[C@H](C)Oc1nc(N)c2nc(OC)n(CCCCC3CCNCC3)c2n1. The molecule has 0 aliphatic carbocycles. The Morgan fingerprint density at radius 2 is 2.00 bits per heavy atom. The standard InChI is InChI=1S/C20H34N6O2/c1-4-7-14(2)28-19-24-17(21)16-18(25-19)26(20(23-16)27-3)13-6-5-8-15-9-11-22-12-10-15/h14-15,22H,4-13H2,1-3H3,(H2,21,24,25)/t14-/m0/s1. The van der Waals surface area contributed by atoms with Gasteiger partial charge in [0.15, 0.2) is 17.0 Å². The van der Waals surface area contributed by atoms with Crippen LogP contribution >= 0.6 is 0 Å². The number of aryl methyl sites for hydroxylation is 1. The topological polar surface area (TPSA) is 100 Å². The first-order valence-corrected chi connectivity index (χ1v) is 10.6. The van der Waals surface area contributed by atoms with Crippen LogP contribution in [-0.4, -0.2) is 45.8 Å². The number of unbranched alkanes of at least 4 members (excludes halogenated alkanes) is 1. The summed E-state index contributed by atoms with van der Waals surface area (Å²) in [6.07, 6.45) is 8.13. The lowest BCUT2D eigenvalue weighted by Crippen LogP contribution is -2.27. The molecule has 0 spiro atoms. The van der Waals surface area contributed by atoms with Gasteiger partial charge in [0.25, 0.3) is 6.01 Å². The van der Waals surface area contributed by atoms with Gasteiger partial charge < -0.3 is 20.5 Å². The summed E-state index contributed by atoms with van der Waals surface area (Å²) in [7, 11) is 1.62. The number of piperidine rings is 1. The number of anilines is 1. The molecule has 0 radical (unpaired) electrons. The number of fused-ring (bicyclic) bond motifs is 1. The van der Waals surface area contributed by atoms with Crippen molar-refractivity contribution in [2.24, 2.45) is 5.92 Å². The monoisotopic (exact) mass is 390 g/mol. The van der Waals surface area contributed by atoms with E-state index in [1.165, 1.54) is 25.7 Å². The summed E-state index contributed by atoms with van der Waals surface area (Å²) in [6, 6.07) is 0.834. The maximum absolute atomic E-state index is 6.13. The number of hydrogen-bond donors (Lipinski definition) is 2. The van der Waals surface area contributed by atoms with Crippen molar-refractivity contribution in [3.05, 3.63) is 0 Å². The molecule has 1 atom stereocenters. The molecule has 8 nitrogen and oxygen atoms in total. The number of nitrogens with zero attached hydrogens (tertiary/aromatic N) is 4. The second kappa shape index (κ2) is 9.91. The molecule has 8 heteroatoms. The van der Waals surface area contributed by atoms with Crippen molar-refractivity contribution in [1.82, 2.24) is 24.8 Å². The van der Waals surface area contributed by atoms with Crippen molar-refractivity contribution in [1.29, 1.82) is 0 Å². The highest BCUT2D eigenvalue weighted by molar-refractivity contribution is 5.83. The summed E-state index contributed by atoms with van der Waals surface area (Å²) in [4.78, 5) is 13.4. The largest absolute Gasteiger partial charge is 0.468 e. The Morgan fingerprint density at radius 1 is 1.21 bits per heavy atom. The Labute approximate surface area is 167 Å². The van der Waals surface area contributed by atoms with E-state index in [4.69, 9.17) is 15.2 Å². The number of rotatable bonds is 10. The molecule has 0 saturated carbocycles. The quantitative estimate of drug-likeness (QED) is 0.601. The summed E-state index contributed by atoms with van der Waals surface area (Å²) in [5.74, 6) is 1.18. The zero-order valence-electron chi connectivity index (χ0n) is 17.4. The van der Waals surface area contributed by atoms with Gasteiger partial charge in [0.1, 0.15) is 0 Å². The van der Waals surface area contributed by atoms with Crippen molar-refractivity contribution in [2.75, 3.05) is 25.9 Å². The summed E-state index contributed by atoms with van der Waals surface area (Å²) in [5.41, 5.74) is 7.39. The molecule has 0 amide bonds. The molecule has 0 aromatic carbocycles. The van der Waals surface area contributed by atoms with Gasteiger partial charge in [0.05, 0.1) is 13.2 Å². The Balaban J connectivity index is 1.70. The lowest BCUT2D eigenvalue weighted by molar-refractivity contribution is 0.193. The number of aromatic nitrogens is 4. The van der Waals surface area contributed by atoms with Gasteiger partial charge >= 0.3 is 6.01 Å². The minimum Gasteiger partial charge on any atom is -0.468 e. The second-order valence-electron chi connectivity index (χ2n) is 7.72. The van der Waals surface area contributed by atoms with Gasteiger partial charge in [0.2, 0.25) is 0 Å². The molecule has 2 aromatic rings. The molecule has 3 rings (SSSR count). The van der Waals surface area contributed by atoms with Gasteiger partial charge in [-0.2, -0.15) is 15.0 Å². The molecule has 2 aromatic heterocycles. The first-order valence-electron chi connectivity index (χ1n) is 10.6. The van der Waals surface area contributed by atoms with Gasteiger partial charge in [-0.1, -0.05) is 26.2 Å². The number of nitrogen functional groups attached to an aromatic ring is 1. The third kappa shape index (κ3) is 5.04. The van der Waals surface area contributed by atoms with Crippen molar-refractivity contribution < 1.29 is 9.47 Å². The molecule has 3 heterocycles. The van der Waals surface area contributed by atoms with E-state index < -0.39 is 0 Å². The third-order valence-corrected chi connectivity index (χ3v) is 5.45. The van der Waals surface area contributed by atoms with Crippen LogP contribution in [0.3, 0.4) is 0 Å². The van der Waals surface area contributed by atoms with E-state index in [1.807, 2.05) is 11.5 Å². The highest BCUT2D eigenvalue weighted by atomic mass is 16.5. The summed E-state index contributed by atoms with van der Waals surface area (Å²) < 4.78 is 13.3. The Morgan fingerprint density at radius 3 is 2.71 bits per heavy atom. The fraction of sp³-hybridized carbons (Fsp3) is 0.750. The molecular weight excluding hydrogens is 356 g/mol. The van der Waals surface area contributed by atoms with Gasteiger partial charge in [-0.3, -0.25) is 4.57 Å². The van der Waals surface area contributed by atoms with E-state index in [-0.39, 0.29) is 6.10 Å². The normalized spacial score (nSPS) is 16.4. The maximum Gasteiger partial charge on any atom is 0.320 e. The number of nitrogens with two attached hydrogens (primary N) is 1.